The van der Waals surface area contributed by atoms with E-state index in [1.807, 2.05) is 0 Å². The lowest BCUT2D eigenvalue weighted by atomic mass is 10.3. The first kappa shape index (κ1) is 10.9. The summed E-state index contributed by atoms with van der Waals surface area (Å²) < 4.78 is 1.43. The molecule has 1 heterocycles. The lowest BCUT2D eigenvalue weighted by Crippen LogP contribution is -1.97. The van der Waals surface area contributed by atoms with E-state index < -0.39 is 0 Å². The highest BCUT2D eigenvalue weighted by Crippen LogP contribution is 2.30. The second kappa shape index (κ2) is 4.12. The number of phenolic OH excluding ortho intramolecular Hbond substituents is 1. The molecule has 2 rings (SSSR count). The Hall–Kier alpha value is -2.57. The first-order valence-corrected chi connectivity index (χ1v) is 4.86. The molecule has 0 fully saturated rings. The highest BCUT2D eigenvalue weighted by molar-refractivity contribution is 5.70. The fourth-order valence-corrected chi connectivity index (χ4v) is 1.28. The van der Waals surface area contributed by atoms with Gasteiger partial charge in [-0.25, -0.2) is 4.68 Å². The molecule has 0 radical (unpaired) electrons. The van der Waals surface area contributed by atoms with Gasteiger partial charge in [-0.1, -0.05) is 0 Å². The van der Waals surface area contributed by atoms with Gasteiger partial charge in [-0.2, -0.15) is 10.2 Å². The highest BCUT2D eigenvalue weighted by atomic mass is 16.3. The van der Waals surface area contributed by atoms with E-state index in [9.17, 15) is 0 Å². The SMILES string of the molecule is Cn1nc(N)c(N=Nc2ccc(O)cc2)c1N. The maximum atomic E-state index is 9.11. The molecule has 0 unspecified atom stereocenters. The third-order valence-corrected chi connectivity index (χ3v) is 2.21. The number of rotatable bonds is 2. The number of hydrogen-bond donors (Lipinski definition) is 3. The second-order valence-electron chi connectivity index (χ2n) is 3.46. The average molecular weight is 232 g/mol. The number of aromatic nitrogens is 2. The Kier molecular flexibility index (Phi) is 2.65. The van der Waals surface area contributed by atoms with E-state index in [1.165, 1.54) is 16.8 Å². The summed E-state index contributed by atoms with van der Waals surface area (Å²) in [7, 11) is 1.67. The Bertz CT molecular complexity index is 557. The largest absolute Gasteiger partial charge is 0.508 e. The molecule has 5 N–H and O–H groups in total. The normalized spacial score (nSPS) is 11.1. The minimum atomic E-state index is 0.171. The Morgan fingerprint density at radius 1 is 1.18 bits per heavy atom. The van der Waals surface area contributed by atoms with Gasteiger partial charge in [-0.05, 0) is 24.3 Å². The van der Waals surface area contributed by atoms with E-state index in [-0.39, 0.29) is 11.6 Å². The Labute approximate surface area is 97.4 Å². The van der Waals surface area contributed by atoms with Crippen LogP contribution in [0, 0.1) is 0 Å². The first-order valence-electron chi connectivity index (χ1n) is 4.86. The van der Waals surface area contributed by atoms with Crippen molar-refractivity contribution in [2.24, 2.45) is 17.3 Å². The van der Waals surface area contributed by atoms with Crippen molar-refractivity contribution in [2.75, 3.05) is 11.5 Å². The van der Waals surface area contributed by atoms with Crippen LogP contribution in [0.2, 0.25) is 0 Å². The van der Waals surface area contributed by atoms with Crippen LogP contribution in [0.1, 0.15) is 0 Å². The van der Waals surface area contributed by atoms with Crippen molar-refractivity contribution in [3.8, 4) is 5.75 Å². The number of nitrogens with zero attached hydrogens (tertiary/aromatic N) is 4. The van der Waals surface area contributed by atoms with Crippen molar-refractivity contribution in [3.05, 3.63) is 24.3 Å². The van der Waals surface area contributed by atoms with Gasteiger partial charge in [0.05, 0.1) is 5.69 Å². The van der Waals surface area contributed by atoms with Gasteiger partial charge < -0.3 is 16.6 Å². The maximum absolute atomic E-state index is 9.11. The van der Waals surface area contributed by atoms with Gasteiger partial charge in [0.15, 0.2) is 17.3 Å². The summed E-state index contributed by atoms with van der Waals surface area (Å²) in [5, 5.41) is 20.9. The molecule has 88 valence electrons. The highest BCUT2D eigenvalue weighted by Gasteiger charge is 2.09. The average Bonchev–Trinajstić information content (AvgIpc) is 2.54. The van der Waals surface area contributed by atoms with Crippen LogP contribution in [-0.2, 0) is 7.05 Å². The third kappa shape index (κ3) is 2.17. The summed E-state index contributed by atoms with van der Waals surface area (Å²) in [6.45, 7) is 0. The van der Waals surface area contributed by atoms with Gasteiger partial charge >= 0.3 is 0 Å². The molecule has 0 amide bonds. The molecule has 0 saturated heterocycles. The van der Waals surface area contributed by atoms with Crippen molar-refractivity contribution in [1.82, 2.24) is 9.78 Å². The molecule has 17 heavy (non-hydrogen) atoms. The standard InChI is InChI=1S/C10H12N6O/c1-16-10(12)8(9(11)15-16)14-13-6-2-4-7(17)5-3-6/h2-5,17H,12H2,1H3,(H2,11,15). The third-order valence-electron chi connectivity index (χ3n) is 2.21. The summed E-state index contributed by atoms with van der Waals surface area (Å²) in [6.07, 6.45) is 0. The second-order valence-corrected chi connectivity index (χ2v) is 3.46. The predicted octanol–water partition coefficient (Wildman–Crippen LogP) is 1.71. The fourth-order valence-electron chi connectivity index (χ4n) is 1.28. The lowest BCUT2D eigenvalue weighted by molar-refractivity contribution is 0.475. The van der Waals surface area contributed by atoms with Crippen molar-refractivity contribution < 1.29 is 5.11 Å². The molecule has 0 atom stereocenters. The molecular formula is C10H12N6O. The number of hydrogen-bond acceptors (Lipinski definition) is 6. The summed E-state index contributed by atoms with van der Waals surface area (Å²) in [6, 6.07) is 6.29. The van der Waals surface area contributed by atoms with Gasteiger partial charge in [-0.15, -0.1) is 5.11 Å². The smallest absolute Gasteiger partial charge is 0.175 e. The molecule has 7 heteroatoms. The minimum Gasteiger partial charge on any atom is -0.508 e. The molecule has 0 aliphatic carbocycles. The number of phenols is 1. The monoisotopic (exact) mass is 232 g/mol. The van der Waals surface area contributed by atoms with E-state index in [0.29, 0.717) is 17.2 Å². The van der Waals surface area contributed by atoms with Crippen LogP contribution in [-0.4, -0.2) is 14.9 Å². The number of anilines is 2. The summed E-state index contributed by atoms with van der Waals surface area (Å²) in [4.78, 5) is 0. The van der Waals surface area contributed by atoms with Crippen LogP contribution >= 0.6 is 0 Å². The molecule has 0 aliphatic rings. The first-order chi connectivity index (χ1) is 8.08. The number of benzene rings is 1. The Morgan fingerprint density at radius 2 is 1.82 bits per heavy atom. The maximum Gasteiger partial charge on any atom is 0.175 e. The van der Waals surface area contributed by atoms with Crippen molar-refractivity contribution in [2.45, 2.75) is 0 Å². The van der Waals surface area contributed by atoms with Crippen LogP contribution in [0.25, 0.3) is 0 Å². The van der Waals surface area contributed by atoms with Gasteiger partial charge in [-0.3, -0.25) is 0 Å². The van der Waals surface area contributed by atoms with E-state index in [2.05, 4.69) is 15.3 Å². The molecule has 1 aromatic carbocycles. The molecule has 0 aliphatic heterocycles. The van der Waals surface area contributed by atoms with E-state index in [1.54, 1.807) is 19.2 Å². The van der Waals surface area contributed by atoms with Crippen LogP contribution < -0.4 is 11.5 Å². The van der Waals surface area contributed by atoms with Crippen LogP contribution in [0.3, 0.4) is 0 Å². The molecule has 0 bridgehead atoms. The lowest BCUT2D eigenvalue weighted by Gasteiger charge is -1.94. The molecule has 1 aromatic heterocycles. The number of nitrogen functional groups attached to an aromatic ring is 2. The molecule has 7 nitrogen and oxygen atoms in total. The van der Waals surface area contributed by atoms with Crippen molar-refractivity contribution in [3.63, 3.8) is 0 Å². The van der Waals surface area contributed by atoms with Gasteiger partial charge in [0, 0.05) is 7.05 Å². The number of aryl methyl sites for hydroxylation is 1. The number of azo groups is 1. The van der Waals surface area contributed by atoms with E-state index in [4.69, 9.17) is 16.6 Å². The summed E-state index contributed by atoms with van der Waals surface area (Å²) in [5.74, 6) is 0.752. The predicted molar refractivity (Wildman–Crippen MR) is 64.3 cm³/mol. The van der Waals surface area contributed by atoms with Crippen molar-refractivity contribution >= 4 is 23.0 Å². The van der Waals surface area contributed by atoms with Crippen LogP contribution in [0.15, 0.2) is 34.5 Å². The van der Waals surface area contributed by atoms with Gasteiger partial charge in [0.25, 0.3) is 0 Å². The van der Waals surface area contributed by atoms with Crippen LogP contribution in [0.4, 0.5) is 23.0 Å². The summed E-state index contributed by atoms with van der Waals surface area (Å²) in [5.41, 5.74) is 12.3. The topological polar surface area (TPSA) is 115 Å². The molecule has 2 aromatic rings. The molecular weight excluding hydrogens is 220 g/mol. The van der Waals surface area contributed by atoms with E-state index >= 15 is 0 Å². The zero-order valence-corrected chi connectivity index (χ0v) is 9.20. The quantitative estimate of drug-likeness (QED) is 0.683. The number of aromatic hydroxyl groups is 1. The Balaban J connectivity index is 2.29. The number of nitrogens with two attached hydrogens (primary N) is 2. The summed E-state index contributed by atoms with van der Waals surface area (Å²) >= 11 is 0. The van der Waals surface area contributed by atoms with Gasteiger partial charge in [0.2, 0.25) is 0 Å². The zero-order valence-electron chi connectivity index (χ0n) is 9.20. The fraction of sp³-hybridized carbons (Fsp3) is 0.100. The van der Waals surface area contributed by atoms with E-state index in [0.717, 1.165) is 0 Å². The van der Waals surface area contributed by atoms with Crippen LogP contribution in [0.5, 0.6) is 5.75 Å². The van der Waals surface area contributed by atoms with Crippen molar-refractivity contribution in [1.29, 1.82) is 0 Å². The molecule has 0 spiro atoms. The van der Waals surface area contributed by atoms with Gasteiger partial charge in [0.1, 0.15) is 5.75 Å². The zero-order chi connectivity index (χ0) is 12.4. The molecule has 0 saturated carbocycles. The minimum absolute atomic E-state index is 0.171. The Morgan fingerprint density at radius 3 is 2.35 bits per heavy atom.